The Morgan fingerprint density at radius 1 is 1.22 bits per heavy atom. The van der Waals surface area contributed by atoms with E-state index in [-0.39, 0.29) is 6.17 Å². The van der Waals surface area contributed by atoms with E-state index >= 15 is 0 Å². The molecule has 1 heterocycles. The van der Waals surface area contributed by atoms with Crippen molar-refractivity contribution in [1.82, 2.24) is 10.2 Å². The SMILES string of the molecule is Cc1ccc(/C=C/C=C\C2NC=CN2C)c(C)c1. The highest BCUT2D eigenvalue weighted by Gasteiger charge is 2.08. The van der Waals surface area contributed by atoms with Crippen LogP contribution in [0, 0.1) is 13.8 Å². The Kier molecular flexibility index (Phi) is 3.88. The highest BCUT2D eigenvalue weighted by molar-refractivity contribution is 5.55. The Labute approximate surface area is 109 Å². The number of likely N-dealkylation sites (N-methyl/N-ethyl adjacent to an activating group) is 1. The number of allylic oxidation sites excluding steroid dienone is 2. The van der Waals surface area contributed by atoms with Gasteiger partial charge in [-0.05, 0) is 31.1 Å². The van der Waals surface area contributed by atoms with Crippen LogP contribution in [0.3, 0.4) is 0 Å². The summed E-state index contributed by atoms with van der Waals surface area (Å²) in [6, 6.07) is 6.52. The summed E-state index contributed by atoms with van der Waals surface area (Å²) in [6.45, 7) is 4.27. The van der Waals surface area contributed by atoms with Crippen LogP contribution in [-0.4, -0.2) is 18.1 Å². The molecule has 1 aromatic carbocycles. The number of benzene rings is 1. The monoisotopic (exact) mass is 240 g/mol. The Morgan fingerprint density at radius 2 is 2.06 bits per heavy atom. The van der Waals surface area contributed by atoms with E-state index in [1.165, 1.54) is 16.7 Å². The van der Waals surface area contributed by atoms with Crippen LogP contribution < -0.4 is 5.32 Å². The fourth-order valence-corrected chi connectivity index (χ4v) is 2.00. The molecule has 0 saturated carbocycles. The van der Waals surface area contributed by atoms with Gasteiger partial charge in [-0.25, -0.2) is 0 Å². The molecule has 2 heteroatoms. The van der Waals surface area contributed by atoms with Gasteiger partial charge in [0.1, 0.15) is 6.17 Å². The number of hydrogen-bond donors (Lipinski definition) is 1. The number of nitrogens with one attached hydrogen (secondary N) is 1. The molecule has 1 unspecified atom stereocenters. The van der Waals surface area contributed by atoms with Gasteiger partial charge in [-0.3, -0.25) is 0 Å². The first kappa shape index (κ1) is 12.5. The average Bonchev–Trinajstić information content (AvgIpc) is 2.73. The molecule has 1 N–H and O–H groups in total. The molecular formula is C16H20N2. The van der Waals surface area contributed by atoms with Crippen molar-refractivity contribution in [3.05, 3.63) is 65.5 Å². The van der Waals surface area contributed by atoms with Crippen LogP contribution in [-0.2, 0) is 0 Å². The van der Waals surface area contributed by atoms with Crippen molar-refractivity contribution in [1.29, 1.82) is 0 Å². The molecule has 1 aliphatic heterocycles. The quantitative estimate of drug-likeness (QED) is 0.816. The summed E-state index contributed by atoms with van der Waals surface area (Å²) in [4.78, 5) is 2.13. The molecule has 94 valence electrons. The number of nitrogens with zero attached hydrogens (tertiary/aromatic N) is 1. The first-order valence-electron chi connectivity index (χ1n) is 6.23. The maximum absolute atomic E-state index is 3.25. The molecule has 1 atom stereocenters. The van der Waals surface area contributed by atoms with Crippen LogP contribution in [0.25, 0.3) is 6.08 Å². The van der Waals surface area contributed by atoms with E-state index in [2.05, 4.69) is 73.6 Å². The molecule has 0 aromatic heterocycles. The molecule has 1 aliphatic rings. The highest BCUT2D eigenvalue weighted by atomic mass is 15.3. The number of aryl methyl sites for hydroxylation is 2. The van der Waals surface area contributed by atoms with E-state index in [1.807, 2.05) is 12.4 Å². The zero-order chi connectivity index (χ0) is 13.0. The lowest BCUT2D eigenvalue weighted by Crippen LogP contribution is -2.29. The van der Waals surface area contributed by atoms with Crippen molar-refractivity contribution in [3.63, 3.8) is 0 Å². The molecule has 0 saturated heterocycles. The zero-order valence-corrected chi connectivity index (χ0v) is 11.2. The Bertz CT molecular complexity index is 498. The summed E-state index contributed by atoms with van der Waals surface area (Å²) in [5.41, 5.74) is 3.90. The summed E-state index contributed by atoms with van der Waals surface area (Å²) in [7, 11) is 2.05. The van der Waals surface area contributed by atoms with E-state index in [4.69, 9.17) is 0 Å². The van der Waals surface area contributed by atoms with Gasteiger partial charge in [-0.1, -0.05) is 42.0 Å². The minimum absolute atomic E-state index is 0.272. The van der Waals surface area contributed by atoms with Crippen molar-refractivity contribution >= 4 is 6.08 Å². The Balaban J connectivity index is 1.97. The third-order valence-corrected chi connectivity index (χ3v) is 3.12. The summed E-state index contributed by atoms with van der Waals surface area (Å²) in [5.74, 6) is 0. The molecule has 0 aliphatic carbocycles. The molecule has 0 bridgehead atoms. The number of hydrogen-bond acceptors (Lipinski definition) is 2. The summed E-state index contributed by atoms with van der Waals surface area (Å²) in [6.07, 6.45) is 12.7. The third-order valence-electron chi connectivity index (χ3n) is 3.12. The van der Waals surface area contributed by atoms with E-state index < -0.39 is 0 Å². The topological polar surface area (TPSA) is 15.3 Å². The van der Waals surface area contributed by atoms with Crippen molar-refractivity contribution in [3.8, 4) is 0 Å². The van der Waals surface area contributed by atoms with Crippen LogP contribution in [0.15, 0.2) is 48.8 Å². The highest BCUT2D eigenvalue weighted by Crippen LogP contribution is 2.12. The molecule has 0 spiro atoms. The van der Waals surface area contributed by atoms with Gasteiger partial charge in [-0.15, -0.1) is 0 Å². The van der Waals surface area contributed by atoms with Gasteiger partial charge < -0.3 is 10.2 Å². The van der Waals surface area contributed by atoms with Gasteiger partial charge >= 0.3 is 0 Å². The van der Waals surface area contributed by atoms with Crippen LogP contribution in [0.2, 0.25) is 0 Å². The van der Waals surface area contributed by atoms with Gasteiger partial charge in [0.15, 0.2) is 0 Å². The average molecular weight is 240 g/mol. The van der Waals surface area contributed by atoms with Crippen LogP contribution in [0.1, 0.15) is 16.7 Å². The largest absolute Gasteiger partial charge is 0.367 e. The lowest BCUT2D eigenvalue weighted by Gasteiger charge is -2.16. The standard InChI is InChI=1S/C16H20N2/c1-13-8-9-15(14(2)12-13)6-4-5-7-16-17-10-11-18(16)3/h4-12,16-17H,1-3H3/b6-4+,7-5-. The number of rotatable bonds is 3. The van der Waals surface area contributed by atoms with Crippen LogP contribution in [0.5, 0.6) is 0 Å². The van der Waals surface area contributed by atoms with Crippen LogP contribution >= 0.6 is 0 Å². The minimum Gasteiger partial charge on any atom is -0.367 e. The second-order valence-electron chi connectivity index (χ2n) is 4.70. The third kappa shape index (κ3) is 3.04. The molecule has 18 heavy (non-hydrogen) atoms. The maximum Gasteiger partial charge on any atom is 0.118 e. The normalized spacial score (nSPS) is 19.1. The molecular weight excluding hydrogens is 220 g/mol. The molecule has 1 aromatic rings. The minimum atomic E-state index is 0.272. The van der Waals surface area contributed by atoms with E-state index in [1.54, 1.807) is 0 Å². The Hall–Kier alpha value is -1.96. The van der Waals surface area contributed by atoms with E-state index in [0.717, 1.165) is 0 Å². The van der Waals surface area contributed by atoms with Gasteiger partial charge in [-0.2, -0.15) is 0 Å². The van der Waals surface area contributed by atoms with Crippen molar-refractivity contribution in [2.45, 2.75) is 20.0 Å². The molecule has 0 radical (unpaired) electrons. The second-order valence-corrected chi connectivity index (χ2v) is 4.70. The predicted molar refractivity (Wildman–Crippen MR) is 77.9 cm³/mol. The van der Waals surface area contributed by atoms with Crippen LogP contribution in [0.4, 0.5) is 0 Å². The van der Waals surface area contributed by atoms with E-state index in [0.29, 0.717) is 0 Å². The smallest absolute Gasteiger partial charge is 0.118 e. The van der Waals surface area contributed by atoms with Gasteiger partial charge in [0.25, 0.3) is 0 Å². The second kappa shape index (κ2) is 5.58. The molecule has 2 nitrogen and oxygen atoms in total. The molecule has 0 fully saturated rings. The summed E-state index contributed by atoms with van der Waals surface area (Å²) < 4.78 is 0. The fourth-order valence-electron chi connectivity index (χ4n) is 2.00. The van der Waals surface area contributed by atoms with Crippen molar-refractivity contribution in [2.75, 3.05) is 7.05 Å². The lowest BCUT2D eigenvalue weighted by molar-refractivity contribution is 0.391. The summed E-state index contributed by atoms with van der Waals surface area (Å²) in [5, 5.41) is 3.25. The summed E-state index contributed by atoms with van der Waals surface area (Å²) >= 11 is 0. The first-order chi connectivity index (χ1) is 8.66. The van der Waals surface area contributed by atoms with Crippen molar-refractivity contribution in [2.24, 2.45) is 0 Å². The van der Waals surface area contributed by atoms with Gasteiger partial charge in [0.05, 0.1) is 0 Å². The molecule has 0 amide bonds. The predicted octanol–water partition coefficient (Wildman–Crippen LogP) is 3.21. The van der Waals surface area contributed by atoms with E-state index in [9.17, 15) is 0 Å². The Morgan fingerprint density at radius 3 is 2.72 bits per heavy atom. The lowest BCUT2D eigenvalue weighted by atomic mass is 10.1. The van der Waals surface area contributed by atoms with Gasteiger partial charge in [0, 0.05) is 19.4 Å². The zero-order valence-electron chi connectivity index (χ0n) is 11.2. The molecule has 2 rings (SSSR count). The maximum atomic E-state index is 3.25. The fraction of sp³-hybridized carbons (Fsp3) is 0.250. The van der Waals surface area contributed by atoms with Gasteiger partial charge in [0.2, 0.25) is 0 Å². The first-order valence-corrected chi connectivity index (χ1v) is 6.23. The van der Waals surface area contributed by atoms with Crippen molar-refractivity contribution < 1.29 is 0 Å².